The Morgan fingerprint density at radius 3 is 2.67 bits per heavy atom. The maximum atomic E-state index is 5.83. The number of hydrogen-bond acceptors (Lipinski definition) is 3. The highest BCUT2D eigenvalue weighted by molar-refractivity contribution is 9.10. The number of hydrogen-bond donors (Lipinski definition) is 1. The van der Waals surface area contributed by atoms with Gasteiger partial charge in [-0.05, 0) is 50.6 Å². The number of ether oxygens (including phenoxy) is 2. The summed E-state index contributed by atoms with van der Waals surface area (Å²) in [6.07, 6.45) is 1.67. The molecule has 0 aliphatic carbocycles. The van der Waals surface area contributed by atoms with Crippen LogP contribution >= 0.6 is 15.9 Å². The molecule has 0 bridgehead atoms. The molecule has 0 saturated heterocycles. The molecule has 1 aromatic carbocycles. The Balaban J connectivity index is 2.61. The minimum atomic E-state index is -0.149. The topological polar surface area (TPSA) is 44.5 Å². The van der Waals surface area contributed by atoms with Crippen LogP contribution < -0.4 is 10.5 Å². The van der Waals surface area contributed by atoms with Crippen molar-refractivity contribution in [3.05, 3.63) is 28.2 Å². The summed E-state index contributed by atoms with van der Waals surface area (Å²) in [6, 6.07) is 6.02. The fourth-order valence-electron chi connectivity index (χ4n) is 1.55. The Hall–Kier alpha value is -0.580. The van der Waals surface area contributed by atoms with Crippen molar-refractivity contribution >= 4 is 15.9 Å². The number of benzene rings is 1. The molecule has 0 radical (unpaired) electrons. The molecule has 0 atom stereocenters. The fraction of sp³-hybridized carbons (Fsp3) is 0.571. The largest absolute Gasteiger partial charge is 0.493 e. The minimum Gasteiger partial charge on any atom is -0.493 e. The van der Waals surface area contributed by atoms with E-state index in [1.54, 1.807) is 7.11 Å². The normalized spacial score (nSPS) is 11.6. The van der Waals surface area contributed by atoms with Crippen molar-refractivity contribution in [1.82, 2.24) is 0 Å². The fourth-order valence-corrected chi connectivity index (χ4v) is 1.96. The molecule has 1 aromatic rings. The SMILES string of the molecule is COC(C)(C)CCOc1ccc(Br)cc1CCN. The van der Waals surface area contributed by atoms with Crippen LogP contribution in [0.25, 0.3) is 0 Å². The van der Waals surface area contributed by atoms with Gasteiger partial charge >= 0.3 is 0 Å². The molecular weight excluding hydrogens is 294 g/mol. The van der Waals surface area contributed by atoms with E-state index in [4.69, 9.17) is 15.2 Å². The summed E-state index contributed by atoms with van der Waals surface area (Å²) < 4.78 is 12.2. The van der Waals surface area contributed by atoms with Crippen LogP contribution in [-0.2, 0) is 11.2 Å². The zero-order valence-corrected chi connectivity index (χ0v) is 12.9. The van der Waals surface area contributed by atoms with Gasteiger partial charge in [-0.25, -0.2) is 0 Å². The van der Waals surface area contributed by atoms with Crippen molar-refractivity contribution in [2.24, 2.45) is 5.73 Å². The lowest BCUT2D eigenvalue weighted by Gasteiger charge is -2.23. The molecule has 102 valence electrons. The van der Waals surface area contributed by atoms with Gasteiger partial charge in [0.1, 0.15) is 5.75 Å². The minimum absolute atomic E-state index is 0.149. The predicted octanol–water partition coefficient (Wildman–Crippen LogP) is 3.14. The van der Waals surface area contributed by atoms with Crippen molar-refractivity contribution in [2.45, 2.75) is 32.3 Å². The highest BCUT2D eigenvalue weighted by atomic mass is 79.9. The summed E-state index contributed by atoms with van der Waals surface area (Å²) in [5.41, 5.74) is 6.60. The average molecular weight is 316 g/mol. The van der Waals surface area contributed by atoms with E-state index in [1.807, 2.05) is 12.1 Å². The molecule has 0 unspecified atom stereocenters. The molecule has 1 rings (SSSR count). The van der Waals surface area contributed by atoms with E-state index in [0.717, 1.165) is 28.6 Å². The maximum Gasteiger partial charge on any atom is 0.122 e. The van der Waals surface area contributed by atoms with Gasteiger partial charge in [0, 0.05) is 18.0 Å². The number of rotatable bonds is 7. The standard InChI is InChI=1S/C14H22BrNO2/c1-14(2,17-3)7-9-18-13-5-4-12(15)10-11(13)6-8-16/h4-5,10H,6-9,16H2,1-3H3. The van der Waals surface area contributed by atoms with Crippen LogP contribution in [0, 0.1) is 0 Å². The third-order valence-corrected chi connectivity index (χ3v) is 3.44. The molecule has 18 heavy (non-hydrogen) atoms. The zero-order valence-electron chi connectivity index (χ0n) is 11.3. The van der Waals surface area contributed by atoms with Crippen molar-refractivity contribution < 1.29 is 9.47 Å². The number of halogens is 1. The summed E-state index contributed by atoms with van der Waals surface area (Å²) in [4.78, 5) is 0. The highest BCUT2D eigenvalue weighted by Gasteiger charge is 2.16. The van der Waals surface area contributed by atoms with E-state index in [9.17, 15) is 0 Å². The molecule has 0 amide bonds. The van der Waals surface area contributed by atoms with Crippen molar-refractivity contribution in [3.63, 3.8) is 0 Å². The van der Waals surface area contributed by atoms with Gasteiger partial charge in [0.15, 0.2) is 0 Å². The van der Waals surface area contributed by atoms with Crippen molar-refractivity contribution in [2.75, 3.05) is 20.3 Å². The van der Waals surface area contributed by atoms with Gasteiger partial charge in [-0.2, -0.15) is 0 Å². The molecule has 0 aliphatic heterocycles. The third-order valence-electron chi connectivity index (χ3n) is 2.95. The Bertz CT molecular complexity index is 380. The van der Waals surface area contributed by atoms with E-state index >= 15 is 0 Å². The molecular formula is C14H22BrNO2. The second-order valence-electron chi connectivity index (χ2n) is 4.85. The molecule has 0 fully saturated rings. The Labute approximate surface area is 118 Å². The zero-order chi connectivity index (χ0) is 13.6. The summed E-state index contributed by atoms with van der Waals surface area (Å²) >= 11 is 3.46. The molecule has 0 saturated carbocycles. The predicted molar refractivity (Wildman–Crippen MR) is 78.1 cm³/mol. The summed E-state index contributed by atoms with van der Waals surface area (Å²) in [7, 11) is 1.72. The average Bonchev–Trinajstić information content (AvgIpc) is 2.32. The Morgan fingerprint density at radius 1 is 1.33 bits per heavy atom. The van der Waals surface area contributed by atoms with Gasteiger partial charge in [0.2, 0.25) is 0 Å². The van der Waals surface area contributed by atoms with Crippen molar-refractivity contribution in [3.8, 4) is 5.75 Å². The molecule has 0 spiro atoms. The Kier molecular flexibility index (Phi) is 6.12. The first-order valence-electron chi connectivity index (χ1n) is 6.15. The van der Waals surface area contributed by atoms with Gasteiger partial charge in [0.25, 0.3) is 0 Å². The summed E-state index contributed by atoms with van der Waals surface area (Å²) in [6.45, 7) is 5.37. The van der Waals surface area contributed by atoms with Gasteiger partial charge in [0.05, 0.1) is 12.2 Å². The maximum absolute atomic E-state index is 5.83. The third kappa shape index (κ3) is 4.96. The van der Waals surface area contributed by atoms with Crippen LogP contribution in [0.15, 0.2) is 22.7 Å². The lowest BCUT2D eigenvalue weighted by molar-refractivity contribution is 0.00538. The number of methoxy groups -OCH3 is 1. The smallest absolute Gasteiger partial charge is 0.122 e. The van der Waals surface area contributed by atoms with Gasteiger partial charge in [-0.15, -0.1) is 0 Å². The summed E-state index contributed by atoms with van der Waals surface area (Å²) in [5, 5.41) is 0. The summed E-state index contributed by atoms with van der Waals surface area (Å²) in [5.74, 6) is 0.913. The van der Waals surface area contributed by atoms with Crippen LogP contribution in [0.2, 0.25) is 0 Å². The quantitative estimate of drug-likeness (QED) is 0.840. The van der Waals surface area contributed by atoms with Crippen LogP contribution in [-0.4, -0.2) is 25.9 Å². The monoisotopic (exact) mass is 315 g/mol. The van der Waals surface area contributed by atoms with Crippen LogP contribution in [0.1, 0.15) is 25.8 Å². The van der Waals surface area contributed by atoms with E-state index in [1.165, 1.54) is 0 Å². The van der Waals surface area contributed by atoms with Crippen LogP contribution in [0.5, 0.6) is 5.75 Å². The first-order chi connectivity index (χ1) is 8.48. The second kappa shape index (κ2) is 7.12. The van der Waals surface area contributed by atoms with E-state index in [0.29, 0.717) is 13.2 Å². The molecule has 4 heteroatoms. The van der Waals surface area contributed by atoms with E-state index in [2.05, 4.69) is 35.8 Å². The molecule has 0 aromatic heterocycles. The lowest BCUT2D eigenvalue weighted by atomic mass is 10.1. The van der Waals surface area contributed by atoms with Gasteiger partial charge in [-0.3, -0.25) is 0 Å². The van der Waals surface area contributed by atoms with Crippen LogP contribution in [0.4, 0.5) is 0 Å². The molecule has 3 nitrogen and oxygen atoms in total. The molecule has 2 N–H and O–H groups in total. The first-order valence-corrected chi connectivity index (χ1v) is 6.94. The molecule has 0 heterocycles. The Morgan fingerprint density at radius 2 is 2.06 bits per heavy atom. The van der Waals surface area contributed by atoms with Gasteiger partial charge in [-0.1, -0.05) is 15.9 Å². The lowest BCUT2D eigenvalue weighted by Crippen LogP contribution is -2.25. The molecule has 0 aliphatic rings. The highest BCUT2D eigenvalue weighted by Crippen LogP contribution is 2.24. The second-order valence-corrected chi connectivity index (χ2v) is 5.77. The van der Waals surface area contributed by atoms with E-state index < -0.39 is 0 Å². The van der Waals surface area contributed by atoms with E-state index in [-0.39, 0.29) is 5.60 Å². The van der Waals surface area contributed by atoms with Crippen molar-refractivity contribution in [1.29, 1.82) is 0 Å². The first kappa shape index (κ1) is 15.5. The number of nitrogens with two attached hydrogens (primary N) is 1. The van der Waals surface area contributed by atoms with Crippen LogP contribution in [0.3, 0.4) is 0 Å². The van der Waals surface area contributed by atoms with Gasteiger partial charge < -0.3 is 15.2 Å².